The molecular formula is C9H8I4O2. The van der Waals surface area contributed by atoms with Crippen LogP contribution in [0.2, 0.25) is 0 Å². The van der Waals surface area contributed by atoms with E-state index < -0.39 is 0 Å². The maximum Gasteiger partial charge on any atom is 0.144 e. The molecule has 0 fully saturated rings. The normalized spacial score (nSPS) is 10.7. The van der Waals surface area contributed by atoms with Crippen molar-refractivity contribution in [1.82, 2.24) is 0 Å². The van der Waals surface area contributed by atoms with Crippen LogP contribution in [0.5, 0.6) is 5.75 Å². The molecule has 0 heterocycles. The van der Waals surface area contributed by atoms with Crippen molar-refractivity contribution in [3.8, 4) is 5.75 Å². The molecule has 0 aliphatic heterocycles. The first-order chi connectivity index (χ1) is 7.00. The van der Waals surface area contributed by atoms with Gasteiger partial charge in [0, 0.05) is 14.3 Å². The minimum Gasteiger partial charge on any atom is -0.506 e. The van der Waals surface area contributed by atoms with Crippen LogP contribution in [0.1, 0.15) is 5.56 Å². The Labute approximate surface area is 143 Å². The van der Waals surface area contributed by atoms with Crippen LogP contribution >= 0.6 is 90.4 Å². The van der Waals surface area contributed by atoms with Gasteiger partial charge in [-0.1, -0.05) is 0 Å². The zero-order valence-electron chi connectivity index (χ0n) is 7.78. The average molecular weight is 656 g/mol. The Bertz CT molecular complexity index is 350. The van der Waals surface area contributed by atoms with Gasteiger partial charge in [0.2, 0.25) is 0 Å². The predicted octanol–water partition coefficient (Wildman–Crippen LogP) is 4.00. The third kappa shape index (κ3) is 3.44. The standard InChI is InChI=1S/C9H8I4O2/c1-15-3-2-4-5(10)7(12)9(14)8(13)6(4)11/h14H,2-3H2,1H3. The summed E-state index contributed by atoms with van der Waals surface area (Å²) in [5, 5.41) is 9.86. The molecule has 1 aromatic carbocycles. The number of phenolic OH excluding ortho intramolecular Hbond substituents is 1. The van der Waals surface area contributed by atoms with E-state index in [1.54, 1.807) is 7.11 Å². The number of halogens is 4. The molecule has 0 spiro atoms. The summed E-state index contributed by atoms with van der Waals surface area (Å²) in [5.74, 6) is 0.395. The van der Waals surface area contributed by atoms with Crippen LogP contribution in [0.4, 0.5) is 0 Å². The van der Waals surface area contributed by atoms with Crippen LogP contribution in [0.3, 0.4) is 0 Å². The first kappa shape index (κ1) is 15.0. The van der Waals surface area contributed by atoms with E-state index in [9.17, 15) is 5.11 Å². The molecule has 0 atom stereocenters. The third-order valence-corrected chi connectivity index (χ3v) is 8.43. The summed E-state index contributed by atoms with van der Waals surface area (Å²) >= 11 is 8.93. The van der Waals surface area contributed by atoms with Gasteiger partial charge < -0.3 is 9.84 Å². The van der Waals surface area contributed by atoms with Gasteiger partial charge in [0.05, 0.1) is 13.7 Å². The van der Waals surface area contributed by atoms with Gasteiger partial charge in [-0.2, -0.15) is 0 Å². The Morgan fingerprint density at radius 1 is 1.00 bits per heavy atom. The van der Waals surface area contributed by atoms with Gasteiger partial charge in [0.25, 0.3) is 0 Å². The molecule has 0 aromatic heterocycles. The Kier molecular flexibility index (Phi) is 6.71. The number of rotatable bonds is 3. The Balaban J connectivity index is 3.26. The number of ether oxygens (including phenoxy) is 1. The van der Waals surface area contributed by atoms with Crippen LogP contribution in [-0.4, -0.2) is 18.8 Å². The van der Waals surface area contributed by atoms with Gasteiger partial charge in [0.15, 0.2) is 0 Å². The van der Waals surface area contributed by atoms with Crippen molar-refractivity contribution >= 4 is 90.4 Å². The maximum absolute atomic E-state index is 9.86. The van der Waals surface area contributed by atoms with E-state index in [4.69, 9.17) is 4.74 Å². The first-order valence-corrected chi connectivity index (χ1v) is 8.35. The van der Waals surface area contributed by atoms with E-state index in [1.807, 2.05) is 0 Å². The molecule has 0 amide bonds. The van der Waals surface area contributed by atoms with E-state index in [-0.39, 0.29) is 0 Å². The summed E-state index contributed by atoms with van der Waals surface area (Å²) in [4.78, 5) is 0. The van der Waals surface area contributed by atoms with Crippen LogP contribution in [0.25, 0.3) is 0 Å². The summed E-state index contributed by atoms with van der Waals surface area (Å²) in [6.45, 7) is 0.711. The molecular weight excluding hydrogens is 648 g/mol. The largest absolute Gasteiger partial charge is 0.506 e. The van der Waals surface area contributed by atoms with Crippen molar-refractivity contribution < 1.29 is 9.84 Å². The second-order valence-electron chi connectivity index (χ2n) is 2.83. The molecule has 0 aliphatic carbocycles. The van der Waals surface area contributed by atoms with Crippen molar-refractivity contribution in [1.29, 1.82) is 0 Å². The molecule has 84 valence electrons. The molecule has 1 N–H and O–H groups in total. The highest BCUT2D eigenvalue weighted by molar-refractivity contribution is 14.1. The lowest BCUT2D eigenvalue weighted by Crippen LogP contribution is -2.04. The van der Waals surface area contributed by atoms with Crippen LogP contribution in [0.15, 0.2) is 0 Å². The molecule has 2 nitrogen and oxygen atoms in total. The average Bonchev–Trinajstić information content (AvgIpc) is 2.24. The molecule has 0 bridgehead atoms. The minimum absolute atomic E-state index is 0.395. The monoisotopic (exact) mass is 656 g/mol. The fourth-order valence-corrected chi connectivity index (χ4v) is 4.90. The molecule has 0 saturated heterocycles. The number of methoxy groups -OCH3 is 1. The third-order valence-electron chi connectivity index (χ3n) is 1.89. The first-order valence-electron chi connectivity index (χ1n) is 4.03. The second kappa shape index (κ2) is 6.73. The van der Waals surface area contributed by atoms with E-state index in [2.05, 4.69) is 90.4 Å². The van der Waals surface area contributed by atoms with E-state index >= 15 is 0 Å². The highest BCUT2D eigenvalue weighted by Gasteiger charge is 2.17. The lowest BCUT2D eigenvalue weighted by Gasteiger charge is -2.13. The van der Waals surface area contributed by atoms with E-state index in [1.165, 1.54) is 5.56 Å². The summed E-state index contributed by atoms with van der Waals surface area (Å²) < 4.78 is 9.22. The van der Waals surface area contributed by atoms with Gasteiger partial charge in [-0.05, 0) is 102 Å². The molecule has 1 rings (SSSR count). The highest BCUT2D eigenvalue weighted by atomic mass is 127. The Morgan fingerprint density at radius 2 is 1.47 bits per heavy atom. The van der Waals surface area contributed by atoms with Crippen molar-refractivity contribution in [3.63, 3.8) is 0 Å². The van der Waals surface area contributed by atoms with Crippen molar-refractivity contribution in [2.75, 3.05) is 13.7 Å². The molecule has 1 aromatic rings. The minimum atomic E-state index is 0.395. The molecule has 0 aliphatic rings. The van der Waals surface area contributed by atoms with E-state index in [0.29, 0.717) is 12.4 Å². The topological polar surface area (TPSA) is 29.5 Å². The number of hydrogen-bond acceptors (Lipinski definition) is 2. The van der Waals surface area contributed by atoms with Crippen LogP contribution in [0, 0.1) is 14.3 Å². The van der Waals surface area contributed by atoms with Gasteiger partial charge in [0.1, 0.15) is 5.75 Å². The lowest BCUT2D eigenvalue weighted by molar-refractivity contribution is 0.202. The van der Waals surface area contributed by atoms with E-state index in [0.717, 1.165) is 20.7 Å². The SMILES string of the molecule is COCCc1c(I)c(I)c(O)c(I)c1I. The number of hydrogen-bond donors (Lipinski definition) is 1. The number of aromatic hydroxyl groups is 1. The molecule has 6 heteroatoms. The highest BCUT2D eigenvalue weighted by Crippen LogP contribution is 2.36. The molecule has 0 saturated carbocycles. The maximum atomic E-state index is 9.86. The summed E-state index contributed by atoms with van der Waals surface area (Å²) in [6.07, 6.45) is 0.888. The summed E-state index contributed by atoms with van der Waals surface area (Å²) in [6, 6.07) is 0. The summed E-state index contributed by atoms with van der Waals surface area (Å²) in [5.41, 5.74) is 1.27. The van der Waals surface area contributed by atoms with Crippen molar-refractivity contribution in [2.24, 2.45) is 0 Å². The second-order valence-corrected chi connectivity index (χ2v) is 7.14. The number of benzene rings is 1. The fourth-order valence-electron chi connectivity index (χ4n) is 1.09. The van der Waals surface area contributed by atoms with Gasteiger partial charge >= 0.3 is 0 Å². The van der Waals surface area contributed by atoms with Crippen molar-refractivity contribution in [3.05, 3.63) is 19.8 Å². The van der Waals surface area contributed by atoms with Gasteiger partial charge in [-0.25, -0.2) is 0 Å². The lowest BCUT2D eigenvalue weighted by atomic mass is 10.1. The Morgan fingerprint density at radius 3 is 1.87 bits per heavy atom. The van der Waals surface area contributed by atoms with Crippen LogP contribution in [-0.2, 0) is 11.2 Å². The molecule has 15 heavy (non-hydrogen) atoms. The zero-order chi connectivity index (χ0) is 11.6. The molecule has 0 unspecified atom stereocenters. The van der Waals surface area contributed by atoms with Crippen molar-refractivity contribution in [2.45, 2.75) is 6.42 Å². The van der Waals surface area contributed by atoms with Gasteiger partial charge in [-0.3, -0.25) is 0 Å². The summed E-state index contributed by atoms with van der Waals surface area (Å²) in [7, 11) is 1.70. The zero-order valence-corrected chi connectivity index (χ0v) is 16.4. The fraction of sp³-hybridized carbons (Fsp3) is 0.333. The Hall–Kier alpha value is 1.90. The van der Waals surface area contributed by atoms with Gasteiger partial charge in [-0.15, -0.1) is 0 Å². The number of phenols is 1. The van der Waals surface area contributed by atoms with Crippen LogP contribution < -0.4 is 0 Å². The predicted molar refractivity (Wildman–Crippen MR) is 94.6 cm³/mol. The quantitative estimate of drug-likeness (QED) is 0.395. The smallest absolute Gasteiger partial charge is 0.144 e. The molecule has 0 radical (unpaired) electrons.